The number of hydrogen-bond acceptors (Lipinski definition) is 8. The Hall–Kier alpha value is -2.12. The first kappa shape index (κ1) is 75.9. The molecule has 462 valence electrons. The van der Waals surface area contributed by atoms with Crippen molar-refractivity contribution in [1.29, 1.82) is 0 Å². The van der Waals surface area contributed by atoms with Crippen LogP contribution in [-0.4, -0.2) is 36.0 Å². The fourth-order valence-corrected chi connectivity index (χ4v) is 11.0. The van der Waals surface area contributed by atoms with Crippen molar-refractivity contribution < 1.29 is 38.1 Å². The van der Waals surface area contributed by atoms with E-state index in [1.54, 1.807) is 0 Å². The molecule has 0 aromatic carbocycles. The van der Waals surface area contributed by atoms with E-state index in [2.05, 4.69) is 27.7 Å². The summed E-state index contributed by atoms with van der Waals surface area (Å²) in [6, 6.07) is 0. The van der Waals surface area contributed by atoms with Gasteiger partial charge < -0.3 is 18.9 Å². The van der Waals surface area contributed by atoms with Crippen LogP contribution in [-0.2, 0) is 38.1 Å². The standard InChI is InChI=1S/C70H134O8/c1-6-11-16-20-24-28-32-36-40-44-48-52-56-61-66(71)75-65(60-15-10-5)70(76-67(72)62-57-53-49-45-41-37-33-29-25-21-17-12-7-2,77-68(73)63-58-54-50-46-42-38-34-30-26-22-18-13-8-3)78-69(74)64-59-55-51-47-43-39-35-31-27-23-19-14-9-4/h65H,6-64H2,1-5H3. The Kier molecular flexibility index (Phi) is 59.3. The third-order valence-electron chi connectivity index (χ3n) is 16.2. The molecule has 0 spiro atoms. The average Bonchev–Trinajstić information content (AvgIpc) is 3.46. The van der Waals surface area contributed by atoms with E-state index < -0.39 is 36.0 Å². The van der Waals surface area contributed by atoms with Crippen molar-refractivity contribution in [3.63, 3.8) is 0 Å². The van der Waals surface area contributed by atoms with Gasteiger partial charge in [-0.1, -0.05) is 349 Å². The zero-order chi connectivity index (χ0) is 56.9. The van der Waals surface area contributed by atoms with E-state index in [4.69, 9.17) is 18.9 Å². The van der Waals surface area contributed by atoms with Crippen molar-refractivity contribution in [3.05, 3.63) is 0 Å². The van der Waals surface area contributed by atoms with Crippen molar-refractivity contribution >= 4 is 23.9 Å². The lowest BCUT2D eigenvalue weighted by Crippen LogP contribution is -2.55. The number of esters is 4. The second kappa shape index (κ2) is 61.0. The van der Waals surface area contributed by atoms with Crippen molar-refractivity contribution in [2.75, 3.05) is 0 Å². The SMILES string of the molecule is CCCCCCCCCCCCCCCC(=O)OC(CCCC)C(OC(=O)CCCCCCCCCCCCCCC)(OC(=O)CCCCCCCCCCCCCCC)OC(=O)CCCCCCCCCCCCCCC. The lowest BCUT2D eigenvalue weighted by atomic mass is 10.0. The first-order valence-electron chi connectivity index (χ1n) is 35.1. The molecule has 0 aliphatic carbocycles. The Morgan fingerprint density at radius 3 is 0.590 bits per heavy atom. The summed E-state index contributed by atoms with van der Waals surface area (Å²) < 4.78 is 24.8. The molecule has 0 heterocycles. The van der Waals surface area contributed by atoms with Crippen molar-refractivity contribution in [3.8, 4) is 0 Å². The highest BCUT2D eigenvalue weighted by Crippen LogP contribution is 2.32. The van der Waals surface area contributed by atoms with Crippen LogP contribution in [0.1, 0.15) is 413 Å². The molecule has 1 atom stereocenters. The largest absolute Gasteiger partial charge is 0.463 e. The Balaban J connectivity index is 5.91. The Labute approximate surface area is 485 Å². The predicted octanol–water partition coefficient (Wildman–Crippen LogP) is 23.3. The van der Waals surface area contributed by atoms with Gasteiger partial charge in [0.15, 0.2) is 0 Å². The molecule has 0 N–H and O–H groups in total. The summed E-state index contributed by atoms with van der Waals surface area (Å²) in [5, 5.41) is 0. The van der Waals surface area contributed by atoms with Crippen LogP contribution in [0.5, 0.6) is 0 Å². The molecule has 0 aliphatic heterocycles. The molecule has 8 nitrogen and oxygen atoms in total. The molecule has 0 saturated heterocycles. The van der Waals surface area contributed by atoms with Crippen LogP contribution in [0.15, 0.2) is 0 Å². The molecule has 0 bridgehead atoms. The molecule has 0 fully saturated rings. The Morgan fingerprint density at radius 2 is 0.397 bits per heavy atom. The maximum atomic E-state index is 14.0. The molecule has 0 saturated carbocycles. The minimum atomic E-state index is -2.48. The van der Waals surface area contributed by atoms with E-state index in [0.29, 0.717) is 32.1 Å². The summed E-state index contributed by atoms with van der Waals surface area (Å²) in [6.45, 7) is 11.1. The van der Waals surface area contributed by atoms with Crippen LogP contribution in [0.2, 0.25) is 0 Å². The topological polar surface area (TPSA) is 105 Å². The van der Waals surface area contributed by atoms with Gasteiger partial charge in [-0.2, -0.15) is 0 Å². The van der Waals surface area contributed by atoms with Crippen LogP contribution in [0.25, 0.3) is 0 Å². The predicted molar refractivity (Wildman–Crippen MR) is 332 cm³/mol. The molecule has 0 radical (unpaired) electrons. The third kappa shape index (κ3) is 52.0. The van der Waals surface area contributed by atoms with E-state index >= 15 is 0 Å². The van der Waals surface area contributed by atoms with Crippen molar-refractivity contribution in [1.82, 2.24) is 0 Å². The number of ether oxygens (including phenoxy) is 4. The molecule has 1 unspecified atom stereocenters. The van der Waals surface area contributed by atoms with Crippen LogP contribution in [0, 0.1) is 0 Å². The first-order chi connectivity index (χ1) is 38.3. The highest BCUT2D eigenvalue weighted by atomic mass is 16.9. The molecule has 0 aromatic rings. The maximum absolute atomic E-state index is 14.0. The summed E-state index contributed by atoms with van der Waals surface area (Å²) in [7, 11) is 0. The van der Waals surface area contributed by atoms with E-state index in [1.807, 2.05) is 6.92 Å². The number of hydrogen-bond donors (Lipinski definition) is 0. The zero-order valence-corrected chi connectivity index (χ0v) is 53.1. The summed E-state index contributed by atoms with van der Waals surface area (Å²) >= 11 is 0. The number of rotatable bonds is 64. The molecule has 0 aliphatic rings. The minimum absolute atomic E-state index is 0.0970. The van der Waals surface area contributed by atoms with Gasteiger partial charge >= 0.3 is 29.9 Å². The second-order valence-electron chi connectivity index (χ2n) is 24.1. The van der Waals surface area contributed by atoms with Crippen LogP contribution in [0.3, 0.4) is 0 Å². The van der Waals surface area contributed by atoms with Crippen LogP contribution < -0.4 is 0 Å². The van der Waals surface area contributed by atoms with Gasteiger partial charge in [0.2, 0.25) is 6.10 Å². The van der Waals surface area contributed by atoms with Gasteiger partial charge in [0.25, 0.3) is 0 Å². The van der Waals surface area contributed by atoms with Gasteiger partial charge in [-0.3, -0.25) is 19.2 Å². The monoisotopic (exact) mass is 1100 g/mol. The fourth-order valence-electron chi connectivity index (χ4n) is 11.0. The van der Waals surface area contributed by atoms with Crippen LogP contribution in [0.4, 0.5) is 0 Å². The fraction of sp³-hybridized carbons (Fsp3) is 0.943. The first-order valence-corrected chi connectivity index (χ1v) is 35.1. The summed E-state index contributed by atoms with van der Waals surface area (Å²) in [4.78, 5) is 55.9. The molecule has 78 heavy (non-hydrogen) atoms. The quantitative estimate of drug-likeness (QED) is 0.0337. The number of carbonyl (C=O) groups excluding carboxylic acids is 4. The average molecular weight is 1100 g/mol. The highest BCUT2D eigenvalue weighted by Gasteiger charge is 2.53. The Morgan fingerprint density at radius 1 is 0.231 bits per heavy atom. The van der Waals surface area contributed by atoms with Crippen molar-refractivity contribution in [2.24, 2.45) is 0 Å². The zero-order valence-electron chi connectivity index (χ0n) is 53.1. The van der Waals surface area contributed by atoms with E-state index in [9.17, 15) is 19.2 Å². The normalized spacial score (nSPS) is 12.0. The van der Waals surface area contributed by atoms with Gasteiger partial charge in [-0.15, -0.1) is 0 Å². The smallest absolute Gasteiger partial charge is 0.449 e. The van der Waals surface area contributed by atoms with Gasteiger partial charge in [-0.05, 0) is 38.5 Å². The van der Waals surface area contributed by atoms with E-state index in [-0.39, 0.29) is 32.1 Å². The van der Waals surface area contributed by atoms with E-state index in [1.165, 1.54) is 231 Å². The molecule has 0 amide bonds. The summed E-state index contributed by atoms with van der Waals surface area (Å²) in [5.41, 5.74) is 0. The van der Waals surface area contributed by atoms with Crippen molar-refractivity contribution in [2.45, 2.75) is 426 Å². The number of carbonyl (C=O) groups is 4. The summed E-state index contributed by atoms with van der Waals surface area (Å²) in [5.74, 6) is -4.73. The van der Waals surface area contributed by atoms with Gasteiger partial charge in [0.05, 0.1) is 0 Å². The molecular formula is C70H134O8. The van der Waals surface area contributed by atoms with Gasteiger partial charge in [-0.25, -0.2) is 0 Å². The highest BCUT2D eigenvalue weighted by molar-refractivity contribution is 5.74. The molecule has 8 heteroatoms. The van der Waals surface area contributed by atoms with Gasteiger partial charge in [0.1, 0.15) is 0 Å². The minimum Gasteiger partial charge on any atom is -0.449 e. The lowest BCUT2D eigenvalue weighted by Gasteiger charge is -2.36. The Bertz CT molecular complexity index is 1180. The number of unbranched alkanes of at least 4 members (excludes halogenated alkanes) is 49. The summed E-state index contributed by atoms with van der Waals surface area (Å²) in [6.07, 6.45) is 62.7. The maximum Gasteiger partial charge on any atom is 0.463 e. The van der Waals surface area contributed by atoms with E-state index in [0.717, 1.165) is 83.5 Å². The molecular weight excluding hydrogens is 969 g/mol. The molecule has 0 rings (SSSR count). The molecule has 0 aromatic heterocycles. The lowest BCUT2D eigenvalue weighted by molar-refractivity contribution is -0.365. The van der Waals surface area contributed by atoms with Crippen LogP contribution >= 0.6 is 0 Å². The van der Waals surface area contributed by atoms with Gasteiger partial charge in [0, 0.05) is 25.7 Å². The third-order valence-corrected chi connectivity index (χ3v) is 16.2. The second-order valence-corrected chi connectivity index (χ2v) is 24.1.